The van der Waals surface area contributed by atoms with Crippen molar-refractivity contribution in [3.63, 3.8) is 0 Å². The van der Waals surface area contributed by atoms with Crippen molar-refractivity contribution in [3.8, 4) is 0 Å². The SMILES string of the molecule is O=C(O)C(c1ccccc1)N(C(=O)c1ccccc1)[N+](=O)[O-]. The van der Waals surface area contributed by atoms with Gasteiger partial charge in [0.05, 0.1) is 0 Å². The minimum Gasteiger partial charge on any atom is -0.479 e. The van der Waals surface area contributed by atoms with E-state index in [0.717, 1.165) is 0 Å². The van der Waals surface area contributed by atoms with Gasteiger partial charge in [-0.25, -0.2) is 14.9 Å². The Bertz CT molecular complexity index is 688. The first-order chi connectivity index (χ1) is 10.5. The van der Waals surface area contributed by atoms with E-state index in [2.05, 4.69) is 0 Å². The maximum atomic E-state index is 12.3. The summed E-state index contributed by atoms with van der Waals surface area (Å²) in [5.41, 5.74) is 0.192. The Hall–Kier alpha value is -3.22. The Labute approximate surface area is 125 Å². The molecule has 112 valence electrons. The monoisotopic (exact) mass is 300 g/mol. The lowest BCUT2D eigenvalue weighted by molar-refractivity contribution is -0.639. The second-order valence-corrected chi connectivity index (χ2v) is 4.41. The summed E-state index contributed by atoms with van der Waals surface area (Å²) in [4.78, 5) is 35.1. The number of hydrogen-bond donors (Lipinski definition) is 1. The van der Waals surface area contributed by atoms with E-state index in [1.807, 2.05) is 0 Å². The van der Waals surface area contributed by atoms with Crippen molar-refractivity contribution in [3.05, 3.63) is 81.9 Å². The van der Waals surface area contributed by atoms with Crippen molar-refractivity contribution in [2.45, 2.75) is 6.04 Å². The third kappa shape index (κ3) is 3.09. The molecular formula is C15H12N2O5. The lowest BCUT2D eigenvalue weighted by atomic mass is 10.1. The molecule has 0 aliphatic rings. The Kier molecular flexibility index (Phi) is 4.47. The van der Waals surface area contributed by atoms with Gasteiger partial charge < -0.3 is 5.11 Å². The molecular weight excluding hydrogens is 288 g/mol. The molecule has 1 unspecified atom stereocenters. The van der Waals surface area contributed by atoms with Crippen molar-refractivity contribution >= 4 is 11.9 Å². The van der Waals surface area contributed by atoms with Crippen molar-refractivity contribution in [1.29, 1.82) is 0 Å². The highest BCUT2D eigenvalue weighted by molar-refractivity contribution is 5.95. The van der Waals surface area contributed by atoms with Crippen LogP contribution < -0.4 is 0 Å². The summed E-state index contributed by atoms with van der Waals surface area (Å²) in [6, 6.07) is 13.4. The van der Waals surface area contributed by atoms with Gasteiger partial charge in [-0.1, -0.05) is 48.5 Å². The molecule has 0 bridgehead atoms. The zero-order valence-corrected chi connectivity index (χ0v) is 11.3. The largest absolute Gasteiger partial charge is 0.479 e. The first-order valence-corrected chi connectivity index (χ1v) is 6.33. The Morgan fingerprint density at radius 3 is 1.95 bits per heavy atom. The molecule has 0 spiro atoms. The van der Waals surface area contributed by atoms with Crippen molar-refractivity contribution in [2.75, 3.05) is 0 Å². The highest BCUT2D eigenvalue weighted by Gasteiger charge is 2.40. The van der Waals surface area contributed by atoms with E-state index in [4.69, 9.17) is 0 Å². The lowest BCUT2D eigenvalue weighted by Gasteiger charge is -2.19. The number of carbonyl (C=O) groups is 2. The fraction of sp³-hybridized carbons (Fsp3) is 0.0667. The highest BCUT2D eigenvalue weighted by Crippen LogP contribution is 2.23. The van der Waals surface area contributed by atoms with E-state index in [9.17, 15) is 24.8 Å². The van der Waals surface area contributed by atoms with Crippen LogP contribution in [0.2, 0.25) is 0 Å². The van der Waals surface area contributed by atoms with Gasteiger partial charge in [0.1, 0.15) is 0 Å². The van der Waals surface area contributed by atoms with Crippen LogP contribution in [0.15, 0.2) is 60.7 Å². The molecule has 1 amide bonds. The minimum absolute atomic E-state index is 0.0429. The van der Waals surface area contributed by atoms with Crippen LogP contribution in [0.3, 0.4) is 0 Å². The van der Waals surface area contributed by atoms with Gasteiger partial charge in [0.25, 0.3) is 0 Å². The molecule has 0 fully saturated rings. The Morgan fingerprint density at radius 1 is 1.00 bits per heavy atom. The van der Waals surface area contributed by atoms with E-state index in [-0.39, 0.29) is 16.1 Å². The number of carboxylic acids is 1. The molecule has 0 radical (unpaired) electrons. The fourth-order valence-electron chi connectivity index (χ4n) is 2.02. The average Bonchev–Trinajstić information content (AvgIpc) is 2.52. The highest BCUT2D eigenvalue weighted by atomic mass is 16.7. The summed E-state index contributed by atoms with van der Waals surface area (Å²) in [5.74, 6) is -2.46. The molecule has 0 saturated carbocycles. The maximum absolute atomic E-state index is 12.3. The average molecular weight is 300 g/mol. The number of hydrazine groups is 1. The van der Waals surface area contributed by atoms with Crippen LogP contribution >= 0.6 is 0 Å². The number of nitrogens with zero attached hydrogens (tertiary/aromatic N) is 2. The normalized spacial score (nSPS) is 11.5. The quantitative estimate of drug-likeness (QED) is 0.673. The van der Waals surface area contributed by atoms with Crippen molar-refractivity contribution < 1.29 is 19.7 Å². The first-order valence-electron chi connectivity index (χ1n) is 6.33. The summed E-state index contributed by atoms with van der Waals surface area (Å²) in [5, 5.41) is 19.8. The van der Waals surface area contributed by atoms with Crippen LogP contribution in [0.25, 0.3) is 0 Å². The second-order valence-electron chi connectivity index (χ2n) is 4.41. The zero-order chi connectivity index (χ0) is 16.1. The first kappa shape index (κ1) is 15.2. The Balaban J connectivity index is 2.47. The number of hydrogen-bond acceptors (Lipinski definition) is 4. The lowest BCUT2D eigenvalue weighted by Crippen LogP contribution is -2.43. The number of amides is 1. The number of nitro groups is 1. The van der Waals surface area contributed by atoms with E-state index in [1.54, 1.807) is 36.4 Å². The second kappa shape index (κ2) is 6.49. The third-order valence-corrected chi connectivity index (χ3v) is 3.00. The molecule has 1 N–H and O–H groups in total. The predicted octanol–water partition coefficient (Wildman–Crippen LogP) is 2.15. The van der Waals surface area contributed by atoms with Gasteiger partial charge >= 0.3 is 11.9 Å². The van der Waals surface area contributed by atoms with Gasteiger partial charge in [-0.05, 0) is 22.7 Å². The van der Waals surface area contributed by atoms with Crippen LogP contribution in [0, 0.1) is 10.1 Å². The number of carboxylic acid groups (broad SMARTS) is 1. The van der Waals surface area contributed by atoms with Crippen LogP contribution in [0.1, 0.15) is 22.0 Å². The molecule has 0 saturated heterocycles. The molecule has 2 aromatic rings. The van der Waals surface area contributed by atoms with Crippen molar-refractivity contribution in [1.82, 2.24) is 5.01 Å². The molecule has 0 aromatic heterocycles. The molecule has 1 atom stereocenters. The zero-order valence-electron chi connectivity index (χ0n) is 11.3. The van der Waals surface area contributed by atoms with E-state index < -0.39 is 23.0 Å². The van der Waals surface area contributed by atoms with Gasteiger partial charge in [0, 0.05) is 5.56 Å². The minimum atomic E-state index is -1.70. The number of carbonyl (C=O) groups excluding carboxylic acids is 1. The third-order valence-electron chi connectivity index (χ3n) is 3.00. The summed E-state index contributed by atoms with van der Waals surface area (Å²) in [6.45, 7) is 0. The number of rotatable bonds is 5. The molecule has 2 rings (SSSR count). The van der Waals surface area contributed by atoms with Crippen LogP contribution in [0.4, 0.5) is 0 Å². The molecule has 7 heteroatoms. The summed E-state index contributed by atoms with van der Waals surface area (Å²) >= 11 is 0. The summed E-state index contributed by atoms with van der Waals surface area (Å²) < 4.78 is 0. The summed E-state index contributed by atoms with van der Waals surface area (Å²) in [7, 11) is 0. The van der Waals surface area contributed by atoms with Crippen LogP contribution in [-0.4, -0.2) is 27.0 Å². The number of aliphatic carboxylic acids is 1. The van der Waals surface area contributed by atoms with Gasteiger partial charge in [0.2, 0.25) is 6.04 Å². The number of benzene rings is 2. The van der Waals surface area contributed by atoms with E-state index in [0.29, 0.717) is 0 Å². The van der Waals surface area contributed by atoms with Gasteiger partial charge in [-0.2, -0.15) is 0 Å². The standard InChI is InChI=1S/C15H12N2O5/c18-14(12-9-5-2-6-10-12)16(17(21)22)13(15(19)20)11-7-3-1-4-8-11/h1-10,13H,(H,19,20). The van der Waals surface area contributed by atoms with Crippen molar-refractivity contribution in [2.24, 2.45) is 0 Å². The molecule has 0 heterocycles. The fourth-order valence-corrected chi connectivity index (χ4v) is 2.02. The molecule has 0 aliphatic carbocycles. The van der Waals surface area contributed by atoms with E-state index in [1.165, 1.54) is 24.3 Å². The Morgan fingerprint density at radius 2 is 1.50 bits per heavy atom. The van der Waals surface area contributed by atoms with Crippen LogP contribution in [0.5, 0.6) is 0 Å². The summed E-state index contributed by atoms with van der Waals surface area (Å²) in [6.07, 6.45) is 0. The van der Waals surface area contributed by atoms with Gasteiger partial charge in [-0.15, -0.1) is 0 Å². The molecule has 7 nitrogen and oxygen atoms in total. The topological polar surface area (TPSA) is 101 Å². The molecule has 22 heavy (non-hydrogen) atoms. The van der Waals surface area contributed by atoms with Gasteiger partial charge in [0.15, 0.2) is 5.03 Å². The smallest absolute Gasteiger partial charge is 0.337 e. The predicted molar refractivity (Wildman–Crippen MR) is 76.4 cm³/mol. The van der Waals surface area contributed by atoms with E-state index >= 15 is 0 Å². The maximum Gasteiger partial charge on any atom is 0.337 e. The molecule has 0 aliphatic heterocycles. The van der Waals surface area contributed by atoms with Crippen LogP contribution in [-0.2, 0) is 4.79 Å². The molecule has 2 aromatic carbocycles. The van der Waals surface area contributed by atoms with Gasteiger partial charge in [-0.3, -0.25) is 4.79 Å².